The minimum Gasteiger partial charge on any atom is -0.378 e. The number of fused-ring (bicyclic) bond motifs is 1. The Morgan fingerprint density at radius 3 is 1.98 bits per heavy atom. The Balaban J connectivity index is 1.73. The molecular weight excluding hydrogens is 562 g/mol. The zero-order chi connectivity index (χ0) is 33.1. The topological polar surface area (TPSA) is 84.1 Å². The van der Waals surface area contributed by atoms with Gasteiger partial charge in [0.1, 0.15) is 5.69 Å². The summed E-state index contributed by atoms with van der Waals surface area (Å²) in [5, 5.41) is 3.33. The van der Waals surface area contributed by atoms with Crippen LogP contribution in [-0.2, 0) is 10.2 Å². The van der Waals surface area contributed by atoms with Gasteiger partial charge in [-0.3, -0.25) is 14.7 Å². The lowest BCUT2D eigenvalue weighted by Crippen LogP contribution is -2.47. The van der Waals surface area contributed by atoms with E-state index in [1.54, 1.807) is 9.42 Å². The summed E-state index contributed by atoms with van der Waals surface area (Å²) in [7, 11) is 0. The Morgan fingerprint density at radius 2 is 1.49 bits per heavy atom. The van der Waals surface area contributed by atoms with E-state index in [4.69, 9.17) is 16.3 Å². The number of carbonyl (C=O) groups excluding carboxylic acids is 2. The number of benzene rings is 1. The highest BCUT2D eigenvalue weighted by Crippen LogP contribution is 2.54. The van der Waals surface area contributed by atoms with Gasteiger partial charge in [0, 0.05) is 24.6 Å². The van der Waals surface area contributed by atoms with Gasteiger partial charge in [-0.2, -0.15) is 0 Å². The summed E-state index contributed by atoms with van der Waals surface area (Å²) in [5.41, 5.74) is 2.73. The van der Waals surface area contributed by atoms with Gasteiger partial charge >= 0.3 is 0 Å². The fourth-order valence-corrected chi connectivity index (χ4v) is 7.56. The Kier molecular flexibility index (Phi) is 8.59. The van der Waals surface area contributed by atoms with Gasteiger partial charge in [0.05, 0.1) is 25.3 Å². The van der Waals surface area contributed by atoms with Gasteiger partial charge < -0.3 is 9.64 Å². The third kappa shape index (κ3) is 6.21. The number of nitrogens with one attached hydrogen (secondary N) is 1. The van der Waals surface area contributed by atoms with E-state index in [9.17, 15) is 4.79 Å². The average molecular weight is 614 g/mol. The van der Waals surface area contributed by atoms with Crippen LogP contribution in [0.5, 0.6) is 0 Å². The molecule has 0 radical (unpaired) electrons. The monoisotopic (exact) mass is 613 g/mol. The van der Waals surface area contributed by atoms with E-state index in [1.807, 2.05) is 12.1 Å². The van der Waals surface area contributed by atoms with Gasteiger partial charge in [-0.15, -0.1) is 0 Å². The van der Waals surface area contributed by atoms with Crippen LogP contribution >= 0.6 is 0 Å². The molecule has 2 aliphatic rings. The van der Waals surface area contributed by atoms with Crippen molar-refractivity contribution in [2.75, 3.05) is 26.3 Å². The number of Topliss-reactive ketones (excluding diaryl/α,β-unsaturated/α-hetero) is 1. The van der Waals surface area contributed by atoms with Crippen molar-refractivity contribution in [2.45, 2.75) is 87.5 Å². The first kappa shape index (κ1) is 32.9. The largest absolute Gasteiger partial charge is 0.378 e. The minimum absolute atomic E-state index is 0.00126. The second-order valence-corrected chi connectivity index (χ2v) is 16.6. The van der Waals surface area contributed by atoms with Gasteiger partial charge in [0.25, 0.3) is 5.91 Å². The fourth-order valence-electron chi connectivity index (χ4n) is 7.56. The smallest absolute Gasteiger partial charge is 0.262 e. The average Bonchev–Trinajstić information content (AvgIpc) is 3.52. The number of hydrogen-bond donors (Lipinski definition) is 1. The number of morpholine rings is 1. The number of H-pyrrole nitrogens is 1. The molecule has 0 spiro atoms. The van der Waals surface area contributed by atoms with Crippen molar-refractivity contribution < 1.29 is 14.3 Å². The first-order valence-electron chi connectivity index (χ1n) is 16.5. The predicted octanol–water partition coefficient (Wildman–Crippen LogP) is 8.20. The van der Waals surface area contributed by atoms with Crippen molar-refractivity contribution in [1.29, 1.82) is 0 Å². The first-order chi connectivity index (χ1) is 20.9. The second kappa shape index (κ2) is 11.7. The van der Waals surface area contributed by atoms with Gasteiger partial charge in [-0.1, -0.05) is 93.5 Å². The molecule has 8 heteroatoms. The Bertz CT molecular complexity index is 1590. The lowest BCUT2D eigenvalue weighted by molar-refractivity contribution is -0.00496. The molecule has 3 heterocycles. The maximum atomic E-state index is 15.2. The number of carbonyl (C=O) groups is 2. The summed E-state index contributed by atoms with van der Waals surface area (Å²) in [6.07, 6.45) is 1.89. The van der Waals surface area contributed by atoms with E-state index < -0.39 is 0 Å². The van der Waals surface area contributed by atoms with Crippen LogP contribution in [0.4, 0.5) is 5.69 Å². The van der Waals surface area contributed by atoms with Crippen LogP contribution in [0.3, 0.4) is 0 Å². The first-order valence-corrected chi connectivity index (χ1v) is 16.5. The highest BCUT2D eigenvalue weighted by Gasteiger charge is 2.50. The normalized spacial score (nSPS) is 23.3. The molecule has 1 saturated heterocycles. The molecule has 5 rings (SSSR count). The van der Waals surface area contributed by atoms with Gasteiger partial charge in [-0.25, -0.2) is 14.3 Å². The van der Waals surface area contributed by atoms with Crippen LogP contribution in [0.25, 0.3) is 21.9 Å². The molecule has 1 saturated carbocycles. The number of ether oxygens (including phenoxy) is 1. The van der Waals surface area contributed by atoms with Crippen molar-refractivity contribution in [1.82, 2.24) is 19.5 Å². The molecule has 2 aromatic heterocycles. The number of aromatic amines is 1. The second-order valence-electron chi connectivity index (χ2n) is 16.6. The highest BCUT2D eigenvalue weighted by molar-refractivity contribution is 6.14. The number of rotatable bonds is 4. The quantitative estimate of drug-likeness (QED) is 0.237. The van der Waals surface area contributed by atoms with E-state index in [2.05, 4.69) is 91.3 Å². The van der Waals surface area contributed by atoms with E-state index in [-0.39, 0.29) is 62.6 Å². The van der Waals surface area contributed by atoms with E-state index in [1.165, 1.54) is 5.56 Å². The summed E-state index contributed by atoms with van der Waals surface area (Å²) >= 11 is 0. The number of aromatic nitrogens is 3. The van der Waals surface area contributed by atoms with Crippen LogP contribution in [0.2, 0.25) is 0 Å². The SMILES string of the molecule is [C-]#[N+]c1c(C(=O)C2C(C(C)(C)C)CC(C)CC2C(C)(C)C)c2nc(-c3ccc(C(C)(C)C)cc3)[nH]n2c1C(=O)N1CCOCC1. The van der Waals surface area contributed by atoms with Gasteiger partial charge in [0.2, 0.25) is 5.69 Å². The molecule has 1 N–H and O–H groups in total. The predicted molar refractivity (Wildman–Crippen MR) is 179 cm³/mol. The van der Waals surface area contributed by atoms with Gasteiger partial charge in [-0.05, 0) is 52.4 Å². The molecular formula is C37H51N5O3. The van der Waals surface area contributed by atoms with Crippen molar-refractivity contribution in [2.24, 2.45) is 34.5 Å². The van der Waals surface area contributed by atoms with Crippen LogP contribution in [0.15, 0.2) is 24.3 Å². The molecule has 2 unspecified atom stereocenters. The third-order valence-corrected chi connectivity index (χ3v) is 10.1. The molecule has 3 aromatic rings. The van der Waals surface area contributed by atoms with Crippen LogP contribution in [-0.4, -0.2) is 57.5 Å². The maximum absolute atomic E-state index is 15.2. The zero-order valence-electron chi connectivity index (χ0n) is 28.9. The minimum atomic E-state index is -0.301. The number of hydrogen-bond acceptors (Lipinski definition) is 4. The Labute approximate surface area is 268 Å². The summed E-state index contributed by atoms with van der Waals surface area (Å²) in [6, 6.07) is 8.23. The molecule has 45 heavy (non-hydrogen) atoms. The molecule has 0 bridgehead atoms. The van der Waals surface area contributed by atoms with E-state index in [0.29, 0.717) is 43.7 Å². The number of nitrogens with zero attached hydrogens (tertiary/aromatic N) is 4. The lowest BCUT2D eigenvalue weighted by atomic mass is 9.53. The summed E-state index contributed by atoms with van der Waals surface area (Å²) in [5.74, 6) is 0.639. The zero-order valence-corrected chi connectivity index (χ0v) is 28.9. The lowest BCUT2D eigenvalue weighted by Gasteiger charge is -2.50. The Hall–Kier alpha value is -3.44. The fraction of sp³-hybridized carbons (Fsp3) is 0.622. The van der Waals surface area contributed by atoms with E-state index >= 15 is 4.79 Å². The molecule has 8 nitrogen and oxygen atoms in total. The van der Waals surface area contributed by atoms with Crippen molar-refractivity contribution in [3.05, 3.63) is 52.5 Å². The molecule has 2 atom stereocenters. The summed E-state index contributed by atoms with van der Waals surface area (Å²) < 4.78 is 7.11. The molecule has 1 aliphatic carbocycles. The number of amides is 1. The summed E-state index contributed by atoms with van der Waals surface area (Å²) in [4.78, 5) is 39.9. The molecule has 242 valence electrons. The summed E-state index contributed by atoms with van der Waals surface area (Å²) in [6.45, 7) is 32.2. The van der Waals surface area contributed by atoms with Gasteiger partial charge in [0.15, 0.2) is 17.3 Å². The number of ketones is 1. The highest BCUT2D eigenvalue weighted by atomic mass is 16.5. The molecule has 1 amide bonds. The molecule has 2 fully saturated rings. The van der Waals surface area contributed by atoms with Crippen molar-refractivity contribution in [3.8, 4) is 11.4 Å². The Morgan fingerprint density at radius 1 is 0.933 bits per heavy atom. The molecule has 1 aliphatic heterocycles. The van der Waals surface area contributed by atoms with Crippen LogP contribution < -0.4 is 0 Å². The van der Waals surface area contributed by atoms with Crippen molar-refractivity contribution >= 4 is 23.0 Å². The third-order valence-electron chi connectivity index (χ3n) is 10.1. The standard InChI is InChI=1S/C37H51N5O3/c1-22-20-25(36(5,6)7)27(26(21-22)37(8,9)10)31(43)28-29(38-11)30(34(44)41-16-18-45-19-17-41)42-33(28)39-32(40-42)23-12-14-24(15-13-23)35(2,3)4/h12-15,22,25-27H,16-21H2,1-10H3,(H,39,40). The maximum Gasteiger partial charge on any atom is 0.262 e. The van der Waals surface area contributed by atoms with Crippen LogP contribution in [0, 0.1) is 41.1 Å². The van der Waals surface area contributed by atoms with E-state index in [0.717, 1.165) is 18.4 Å². The van der Waals surface area contributed by atoms with Crippen LogP contribution in [0.1, 0.15) is 108 Å². The van der Waals surface area contributed by atoms with Crippen molar-refractivity contribution in [3.63, 3.8) is 0 Å². The molecule has 1 aromatic carbocycles.